The molecule has 0 radical (unpaired) electrons. The highest BCUT2D eigenvalue weighted by Gasteiger charge is 2.16. The summed E-state index contributed by atoms with van der Waals surface area (Å²) >= 11 is 5.94. The third kappa shape index (κ3) is 4.91. The Bertz CT molecular complexity index is 452. The normalized spacial score (nSPS) is 11.3. The van der Waals surface area contributed by atoms with Crippen LogP contribution in [0.15, 0.2) is 18.2 Å². The van der Waals surface area contributed by atoms with Crippen molar-refractivity contribution < 1.29 is 9.59 Å². The molecule has 2 amide bonds. The molecule has 1 rings (SSSR count). The number of anilines is 1. The third-order valence-corrected chi connectivity index (χ3v) is 2.45. The van der Waals surface area contributed by atoms with E-state index in [4.69, 9.17) is 23.1 Å². The molecule has 1 atom stereocenters. The second-order valence-corrected chi connectivity index (χ2v) is 4.16. The van der Waals surface area contributed by atoms with Crippen LogP contribution >= 0.6 is 24.0 Å². The largest absolute Gasteiger partial charge is 0.370 e. The van der Waals surface area contributed by atoms with Crippen LogP contribution in [-0.4, -0.2) is 17.9 Å². The fraction of sp³-hybridized carbons (Fsp3) is 0.273. The maximum Gasteiger partial charge on any atom is 0.241 e. The minimum absolute atomic E-state index is 0. The van der Waals surface area contributed by atoms with Crippen LogP contribution in [0.1, 0.15) is 12.0 Å². The molecule has 7 heteroatoms. The van der Waals surface area contributed by atoms with Crippen molar-refractivity contribution >= 4 is 41.5 Å². The minimum Gasteiger partial charge on any atom is -0.370 e. The lowest BCUT2D eigenvalue weighted by Gasteiger charge is -2.12. The predicted molar refractivity (Wildman–Crippen MR) is 73.9 cm³/mol. The lowest BCUT2D eigenvalue weighted by Crippen LogP contribution is -2.39. The van der Waals surface area contributed by atoms with Gasteiger partial charge < -0.3 is 16.8 Å². The van der Waals surface area contributed by atoms with Crippen molar-refractivity contribution in [1.29, 1.82) is 0 Å². The Morgan fingerprint density at radius 2 is 2.06 bits per heavy atom. The van der Waals surface area contributed by atoms with Crippen molar-refractivity contribution in [2.75, 3.05) is 5.32 Å². The number of hydrogen-bond acceptors (Lipinski definition) is 3. The number of halogens is 2. The number of amides is 2. The van der Waals surface area contributed by atoms with Crippen LogP contribution in [-0.2, 0) is 9.59 Å². The molecule has 0 bridgehead atoms. The fourth-order valence-corrected chi connectivity index (χ4v) is 1.54. The van der Waals surface area contributed by atoms with Crippen LogP contribution < -0.4 is 16.8 Å². The average Bonchev–Trinajstić information content (AvgIpc) is 2.21. The monoisotopic (exact) mass is 291 g/mol. The number of aryl methyl sites for hydroxylation is 1. The van der Waals surface area contributed by atoms with Gasteiger partial charge in [-0.1, -0.05) is 17.7 Å². The highest BCUT2D eigenvalue weighted by molar-refractivity contribution is 6.33. The van der Waals surface area contributed by atoms with Gasteiger partial charge in [-0.15, -0.1) is 12.4 Å². The van der Waals surface area contributed by atoms with Crippen LogP contribution in [0, 0.1) is 6.92 Å². The van der Waals surface area contributed by atoms with Gasteiger partial charge in [-0.3, -0.25) is 9.59 Å². The summed E-state index contributed by atoms with van der Waals surface area (Å²) in [6.45, 7) is 1.89. The van der Waals surface area contributed by atoms with Crippen molar-refractivity contribution in [1.82, 2.24) is 0 Å². The minimum atomic E-state index is -0.968. The van der Waals surface area contributed by atoms with Crippen molar-refractivity contribution in [3.8, 4) is 0 Å². The molecule has 5 nitrogen and oxygen atoms in total. The molecule has 0 aliphatic rings. The lowest BCUT2D eigenvalue weighted by molar-refractivity contribution is -0.123. The Morgan fingerprint density at radius 1 is 1.44 bits per heavy atom. The first-order chi connectivity index (χ1) is 7.90. The third-order valence-electron chi connectivity index (χ3n) is 2.14. The van der Waals surface area contributed by atoms with E-state index in [1.54, 1.807) is 18.2 Å². The van der Waals surface area contributed by atoms with Gasteiger partial charge in [0, 0.05) is 0 Å². The number of nitrogens with one attached hydrogen (secondary N) is 1. The Kier molecular flexibility index (Phi) is 6.68. The van der Waals surface area contributed by atoms with Crippen LogP contribution in [0.25, 0.3) is 0 Å². The van der Waals surface area contributed by atoms with Gasteiger partial charge >= 0.3 is 0 Å². The van der Waals surface area contributed by atoms with E-state index in [-0.39, 0.29) is 18.8 Å². The van der Waals surface area contributed by atoms with Gasteiger partial charge in [-0.25, -0.2) is 0 Å². The van der Waals surface area contributed by atoms with Crippen molar-refractivity contribution in [3.05, 3.63) is 28.8 Å². The molecule has 1 aromatic carbocycles. The first-order valence-corrected chi connectivity index (χ1v) is 5.39. The van der Waals surface area contributed by atoms with E-state index in [9.17, 15) is 9.59 Å². The number of nitrogens with two attached hydrogens (primary N) is 2. The Balaban J connectivity index is 0.00000289. The van der Waals surface area contributed by atoms with E-state index in [0.717, 1.165) is 5.56 Å². The van der Waals surface area contributed by atoms with Crippen LogP contribution in [0.5, 0.6) is 0 Å². The molecular weight excluding hydrogens is 277 g/mol. The topological polar surface area (TPSA) is 98.2 Å². The van der Waals surface area contributed by atoms with E-state index in [1.807, 2.05) is 6.92 Å². The zero-order valence-electron chi connectivity index (χ0n) is 9.77. The number of benzene rings is 1. The van der Waals surface area contributed by atoms with Gasteiger partial charge in [0.05, 0.1) is 23.2 Å². The van der Waals surface area contributed by atoms with E-state index < -0.39 is 17.9 Å². The van der Waals surface area contributed by atoms with Crippen LogP contribution in [0.2, 0.25) is 5.02 Å². The summed E-state index contributed by atoms with van der Waals surface area (Å²) in [6, 6.07) is 4.23. The molecule has 0 saturated carbocycles. The Hall–Kier alpha value is -1.30. The zero-order valence-corrected chi connectivity index (χ0v) is 11.3. The average molecular weight is 292 g/mol. The van der Waals surface area contributed by atoms with Gasteiger partial charge in [-0.05, 0) is 24.6 Å². The van der Waals surface area contributed by atoms with Crippen LogP contribution in [0.3, 0.4) is 0 Å². The predicted octanol–water partition coefficient (Wildman–Crippen LogP) is 1.21. The maximum atomic E-state index is 11.6. The molecule has 0 saturated heterocycles. The van der Waals surface area contributed by atoms with Gasteiger partial charge in [0.25, 0.3) is 0 Å². The molecular formula is C11H15Cl2N3O2. The molecule has 1 aromatic rings. The summed E-state index contributed by atoms with van der Waals surface area (Å²) in [6.07, 6.45) is -0.199. The number of primary amides is 1. The second-order valence-electron chi connectivity index (χ2n) is 3.75. The summed E-state index contributed by atoms with van der Waals surface area (Å²) in [7, 11) is 0. The summed E-state index contributed by atoms with van der Waals surface area (Å²) in [5.74, 6) is -1.11. The quantitative estimate of drug-likeness (QED) is 0.778. The van der Waals surface area contributed by atoms with Crippen molar-refractivity contribution in [3.63, 3.8) is 0 Å². The zero-order chi connectivity index (χ0) is 13.0. The SMILES string of the molecule is Cc1ccc(NC(=O)C(N)CC(N)=O)c(Cl)c1.Cl. The summed E-state index contributed by atoms with van der Waals surface area (Å²) in [5.41, 5.74) is 11.9. The second kappa shape index (κ2) is 7.20. The first-order valence-electron chi connectivity index (χ1n) is 5.01. The molecule has 1 unspecified atom stereocenters. The fourth-order valence-electron chi connectivity index (χ4n) is 1.26. The molecule has 0 aromatic heterocycles. The van der Waals surface area contributed by atoms with Gasteiger partial charge in [0.15, 0.2) is 0 Å². The van der Waals surface area contributed by atoms with Crippen molar-refractivity contribution in [2.45, 2.75) is 19.4 Å². The Labute approximate surface area is 116 Å². The standard InChI is InChI=1S/C11H14ClN3O2.ClH/c1-6-2-3-9(7(12)4-6)15-11(17)8(13)5-10(14)16;/h2-4,8H,5,13H2,1H3,(H2,14,16)(H,15,17);1H. The number of rotatable bonds is 4. The molecule has 0 fully saturated rings. The van der Waals surface area contributed by atoms with E-state index in [1.165, 1.54) is 0 Å². The van der Waals surface area contributed by atoms with Gasteiger partial charge in [0.1, 0.15) is 0 Å². The van der Waals surface area contributed by atoms with E-state index >= 15 is 0 Å². The first kappa shape index (κ1) is 16.7. The molecule has 0 aliphatic carbocycles. The number of carbonyl (C=O) groups is 2. The molecule has 0 aliphatic heterocycles. The lowest BCUT2D eigenvalue weighted by atomic mass is 10.2. The van der Waals surface area contributed by atoms with Gasteiger partial charge in [-0.2, -0.15) is 0 Å². The molecule has 5 N–H and O–H groups in total. The van der Waals surface area contributed by atoms with E-state index in [0.29, 0.717) is 10.7 Å². The van der Waals surface area contributed by atoms with Gasteiger partial charge in [0.2, 0.25) is 11.8 Å². The molecule has 18 heavy (non-hydrogen) atoms. The number of carbonyl (C=O) groups excluding carboxylic acids is 2. The summed E-state index contributed by atoms with van der Waals surface area (Å²) < 4.78 is 0. The number of hydrogen-bond donors (Lipinski definition) is 3. The van der Waals surface area contributed by atoms with E-state index in [2.05, 4.69) is 5.32 Å². The summed E-state index contributed by atoms with van der Waals surface area (Å²) in [5, 5.41) is 2.96. The molecule has 0 heterocycles. The molecule has 100 valence electrons. The van der Waals surface area contributed by atoms with Crippen molar-refractivity contribution in [2.24, 2.45) is 11.5 Å². The Morgan fingerprint density at radius 3 is 2.56 bits per heavy atom. The summed E-state index contributed by atoms with van der Waals surface area (Å²) in [4.78, 5) is 22.2. The highest BCUT2D eigenvalue weighted by atomic mass is 35.5. The van der Waals surface area contributed by atoms with Crippen LogP contribution in [0.4, 0.5) is 5.69 Å². The molecule has 0 spiro atoms. The maximum absolute atomic E-state index is 11.6. The highest BCUT2D eigenvalue weighted by Crippen LogP contribution is 2.22. The smallest absolute Gasteiger partial charge is 0.241 e.